The molecule has 2 aromatic rings. The quantitative estimate of drug-likeness (QED) is 0.595. The Morgan fingerprint density at radius 1 is 1.03 bits per heavy atom. The van der Waals surface area contributed by atoms with Gasteiger partial charge in [-0.1, -0.05) is 12.1 Å². The first-order chi connectivity index (χ1) is 14.3. The fraction of sp³-hybridized carbons (Fsp3) is 0.316. The van der Waals surface area contributed by atoms with Crippen LogP contribution < -0.4 is 16.2 Å². The topological polar surface area (TPSA) is 118 Å². The monoisotopic (exact) mass is 496 g/mol. The third-order valence-electron chi connectivity index (χ3n) is 4.57. The lowest BCUT2D eigenvalue weighted by atomic mass is 10.3. The molecule has 1 fully saturated rings. The van der Waals surface area contributed by atoms with Crippen molar-refractivity contribution in [3.8, 4) is 0 Å². The predicted octanol–water partition coefficient (Wildman–Crippen LogP) is 1.15. The minimum atomic E-state index is -3.70. The Kier molecular flexibility index (Phi) is 7.06. The Morgan fingerprint density at radius 2 is 1.73 bits per heavy atom. The molecule has 0 spiro atoms. The van der Waals surface area contributed by atoms with E-state index in [1.54, 1.807) is 24.3 Å². The predicted molar refractivity (Wildman–Crippen MR) is 114 cm³/mol. The Labute approximate surface area is 182 Å². The van der Waals surface area contributed by atoms with Gasteiger partial charge in [-0.2, -0.15) is 4.31 Å². The zero-order valence-corrected chi connectivity index (χ0v) is 18.4. The SMILES string of the molecule is O=C(Cn1cc(S(=O)(=O)N2CCCC2)ccc1=O)NCC(=O)Nc1ccccc1Br. The minimum Gasteiger partial charge on any atom is -0.345 e. The highest BCUT2D eigenvalue weighted by Crippen LogP contribution is 2.21. The standard InChI is InChI=1S/C19H21BrN4O5S/c20-15-5-1-2-6-16(15)22-17(25)11-21-18(26)13-23-12-14(7-8-19(23)27)30(28,29)24-9-3-4-10-24/h1-2,5-8,12H,3-4,9-11,13H2,(H,21,26)(H,22,25). The van der Waals surface area contributed by atoms with Crippen LogP contribution in [-0.2, 0) is 26.2 Å². The molecule has 2 amide bonds. The van der Waals surface area contributed by atoms with Crippen LogP contribution in [0.1, 0.15) is 12.8 Å². The summed E-state index contributed by atoms with van der Waals surface area (Å²) in [4.78, 5) is 36.2. The fourth-order valence-electron chi connectivity index (χ4n) is 3.01. The summed E-state index contributed by atoms with van der Waals surface area (Å²) in [6.07, 6.45) is 2.75. The summed E-state index contributed by atoms with van der Waals surface area (Å²) in [5.74, 6) is -1.02. The second-order valence-electron chi connectivity index (χ2n) is 6.75. The first kappa shape index (κ1) is 22.2. The summed E-state index contributed by atoms with van der Waals surface area (Å²) in [6.45, 7) is 0.189. The van der Waals surface area contributed by atoms with Gasteiger partial charge in [0.1, 0.15) is 6.54 Å². The molecule has 160 valence electrons. The lowest BCUT2D eigenvalue weighted by Gasteiger charge is -2.16. The van der Waals surface area contributed by atoms with E-state index in [0.29, 0.717) is 23.2 Å². The number of carbonyl (C=O) groups is 2. The highest BCUT2D eigenvalue weighted by Gasteiger charge is 2.27. The molecule has 30 heavy (non-hydrogen) atoms. The van der Waals surface area contributed by atoms with Crippen LogP contribution in [0.5, 0.6) is 0 Å². The van der Waals surface area contributed by atoms with Gasteiger partial charge in [-0.05, 0) is 47.0 Å². The molecular weight excluding hydrogens is 476 g/mol. The highest BCUT2D eigenvalue weighted by atomic mass is 79.9. The van der Waals surface area contributed by atoms with Gasteiger partial charge in [0.15, 0.2) is 0 Å². The second-order valence-corrected chi connectivity index (χ2v) is 9.54. The van der Waals surface area contributed by atoms with E-state index >= 15 is 0 Å². The number of hydrogen-bond acceptors (Lipinski definition) is 5. The number of nitrogens with one attached hydrogen (secondary N) is 2. The molecule has 1 aromatic carbocycles. The van der Waals surface area contributed by atoms with Crippen LogP contribution in [0.3, 0.4) is 0 Å². The number of para-hydroxylation sites is 1. The van der Waals surface area contributed by atoms with E-state index in [-0.39, 0.29) is 11.4 Å². The van der Waals surface area contributed by atoms with Gasteiger partial charge in [0.05, 0.1) is 17.1 Å². The Morgan fingerprint density at radius 3 is 2.43 bits per heavy atom. The molecule has 0 unspecified atom stereocenters. The normalized spacial score (nSPS) is 14.4. The third-order valence-corrected chi connectivity index (χ3v) is 7.14. The zero-order chi connectivity index (χ0) is 21.7. The summed E-state index contributed by atoms with van der Waals surface area (Å²) >= 11 is 3.31. The van der Waals surface area contributed by atoms with E-state index in [4.69, 9.17) is 0 Å². The molecule has 1 saturated heterocycles. The summed E-state index contributed by atoms with van der Waals surface area (Å²) < 4.78 is 28.4. The van der Waals surface area contributed by atoms with E-state index in [0.717, 1.165) is 29.7 Å². The van der Waals surface area contributed by atoms with Crippen LogP contribution in [0.2, 0.25) is 0 Å². The number of benzene rings is 1. The van der Waals surface area contributed by atoms with Gasteiger partial charge in [0, 0.05) is 29.8 Å². The van der Waals surface area contributed by atoms with Gasteiger partial charge in [-0.25, -0.2) is 8.42 Å². The summed E-state index contributed by atoms with van der Waals surface area (Å²) in [5.41, 5.74) is 0.0518. The summed E-state index contributed by atoms with van der Waals surface area (Å²) in [7, 11) is -3.70. The molecule has 2 N–H and O–H groups in total. The van der Waals surface area contributed by atoms with Crippen LogP contribution in [0.4, 0.5) is 5.69 Å². The van der Waals surface area contributed by atoms with Gasteiger partial charge in [-0.3, -0.25) is 14.4 Å². The minimum absolute atomic E-state index is 0.0385. The van der Waals surface area contributed by atoms with Crippen LogP contribution in [0.15, 0.2) is 56.8 Å². The van der Waals surface area contributed by atoms with Gasteiger partial charge < -0.3 is 15.2 Å². The molecule has 9 nitrogen and oxygen atoms in total. The lowest BCUT2D eigenvalue weighted by molar-refractivity contribution is -0.124. The smallest absolute Gasteiger partial charge is 0.251 e. The lowest BCUT2D eigenvalue weighted by Crippen LogP contribution is -2.37. The maximum atomic E-state index is 12.7. The number of halogens is 1. The first-order valence-corrected chi connectivity index (χ1v) is 11.5. The molecule has 1 aliphatic rings. The number of anilines is 1. The number of nitrogens with zero attached hydrogens (tertiary/aromatic N) is 2. The van der Waals surface area contributed by atoms with Crippen molar-refractivity contribution in [2.45, 2.75) is 24.3 Å². The second kappa shape index (κ2) is 9.54. The van der Waals surface area contributed by atoms with Crippen LogP contribution in [-0.4, -0.2) is 48.7 Å². The molecule has 0 saturated carbocycles. The fourth-order valence-corrected chi connectivity index (χ4v) is 4.93. The van der Waals surface area contributed by atoms with E-state index in [2.05, 4.69) is 26.6 Å². The molecular formula is C19H21BrN4O5S. The Balaban J connectivity index is 1.61. The van der Waals surface area contributed by atoms with Gasteiger partial charge in [0.2, 0.25) is 21.8 Å². The number of aromatic nitrogens is 1. The average molecular weight is 497 g/mol. The van der Waals surface area contributed by atoms with Crippen molar-refractivity contribution < 1.29 is 18.0 Å². The van der Waals surface area contributed by atoms with Crippen LogP contribution in [0.25, 0.3) is 0 Å². The summed E-state index contributed by atoms with van der Waals surface area (Å²) in [6, 6.07) is 9.40. The van der Waals surface area contributed by atoms with Crippen molar-refractivity contribution in [3.63, 3.8) is 0 Å². The van der Waals surface area contributed by atoms with E-state index in [1.807, 2.05) is 0 Å². The molecule has 2 heterocycles. The van der Waals surface area contributed by atoms with Crippen molar-refractivity contribution in [3.05, 3.63) is 57.4 Å². The highest BCUT2D eigenvalue weighted by molar-refractivity contribution is 9.10. The molecule has 1 aromatic heterocycles. The Bertz CT molecular complexity index is 1110. The van der Waals surface area contributed by atoms with Crippen molar-refractivity contribution in [1.29, 1.82) is 0 Å². The molecule has 0 bridgehead atoms. The number of hydrogen-bond donors (Lipinski definition) is 2. The number of pyridine rings is 1. The number of sulfonamides is 1. The molecule has 3 rings (SSSR count). The molecule has 0 aliphatic carbocycles. The van der Waals surface area contributed by atoms with Crippen molar-refractivity contribution in [2.24, 2.45) is 0 Å². The molecule has 0 radical (unpaired) electrons. The number of amides is 2. The van der Waals surface area contributed by atoms with Crippen molar-refractivity contribution >= 4 is 43.5 Å². The maximum absolute atomic E-state index is 12.7. The maximum Gasteiger partial charge on any atom is 0.251 e. The van der Waals surface area contributed by atoms with E-state index in [1.165, 1.54) is 10.4 Å². The Hall–Kier alpha value is -2.50. The van der Waals surface area contributed by atoms with Crippen LogP contribution in [0, 0.1) is 0 Å². The van der Waals surface area contributed by atoms with Gasteiger partial charge in [-0.15, -0.1) is 0 Å². The van der Waals surface area contributed by atoms with Crippen LogP contribution >= 0.6 is 15.9 Å². The number of rotatable bonds is 7. The third kappa shape index (κ3) is 5.35. The zero-order valence-electron chi connectivity index (χ0n) is 16.0. The number of carbonyl (C=O) groups excluding carboxylic acids is 2. The van der Waals surface area contributed by atoms with E-state index < -0.39 is 33.9 Å². The summed E-state index contributed by atoms with van der Waals surface area (Å²) in [5, 5.41) is 5.07. The van der Waals surface area contributed by atoms with E-state index in [9.17, 15) is 22.8 Å². The molecule has 11 heteroatoms. The van der Waals surface area contributed by atoms with Crippen molar-refractivity contribution in [1.82, 2.24) is 14.2 Å². The van der Waals surface area contributed by atoms with Crippen molar-refractivity contribution in [2.75, 3.05) is 25.0 Å². The molecule has 1 aliphatic heterocycles. The largest absolute Gasteiger partial charge is 0.345 e. The average Bonchev–Trinajstić information content (AvgIpc) is 3.25. The van der Waals surface area contributed by atoms with Gasteiger partial charge >= 0.3 is 0 Å². The first-order valence-electron chi connectivity index (χ1n) is 9.29. The molecule has 0 atom stereocenters. The van der Waals surface area contributed by atoms with Gasteiger partial charge in [0.25, 0.3) is 5.56 Å².